The highest BCUT2D eigenvalue weighted by atomic mass is 32.2. The maximum absolute atomic E-state index is 12.1. The SMILES string of the molecule is CC1SC(=N)N(c2ncc(Cc3ccc(C(C)C)cc3)s2)C1=O. The number of hydrogen-bond donors (Lipinski definition) is 1. The summed E-state index contributed by atoms with van der Waals surface area (Å²) >= 11 is 2.76. The lowest BCUT2D eigenvalue weighted by Gasteiger charge is -2.10. The van der Waals surface area contributed by atoms with Gasteiger partial charge in [0.15, 0.2) is 10.3 Å². The van der Waals surface area contributed by atoms with Gasteiger partial charge in [0.05, 0.1) is 5.25 Å². The van der Waals surface area contributed by atoms with Crippen LogP contribution in [-0.2, 0) is 11.2 Å². The van der Waals surface area contributed by atoms with E-state index in [0.29, 0.717) is 11.0 Å². The number of anilines is 1. The molecule has 120 valence electrons. The van der Waals surface area contributed by atoms with Crippen LogP contribution in [0.4, 0.5) is 5.13 Å². The van der Waals surface area contributed by atoms with Crippen molar-refractivity contribution in [2.45, 2.75) is 38.4 Å². The molecule has 0 aliphatic carbocycles. The van der Waals surface area contributed by atoms with Gasteiger partial charge in [-0.15, -0.1) is 11.3 Å². The largest absolute Gasteiger partial charge is 0.278 e. The molecular formula is C17H19N3OS2. The molecule has 2 heterocycles. The average Bonchev–Trinajstić information content (AvgIpc) is 3.05. The molecule has 0 spiro atoms. The van der Waals surface area contributed by atoms with Crippen LogP contribution < -0.4 is 4.90 Å². The lowest BCUT2D eigenvalue weighted by Crippen LogP contribution is -2.30. The molecule has 1 amide bonds. The van der Waals surface area contributed by atoms with Crippen molar-refractivity contribution < 1.29 is 4.79 Å². The average molecular weight is 345 g/mol. The topological polar surface area (TPSA) is 57.1 Å². The minimum absolute atomic E-state index is 0.0535. The summed E-state index contributed by atoms with van der Waals surface area (Å²) in [7, 11) is 0. The number of benzene rings is 1. The number of nitrogens with one attached hydrogen (secondary N) is 1. The summed E-state index contributed by atoms with van der Waals surface area (Å²) in [5.41, 5.74) is 2.57. The van der Waals surface area contributed by atoms with Gasteiger partial charge in [-0.1, -0.05) is 49.9 Å². The Balaban J connectivity index is 1.75. The number of rotatable bonds is 4. The van der Waals surface area contributed by atoms with Crippen molar-refractivity contribution in [2.75, 3.05) is 4.90 Å². The van der Waals surface area contributed by atoms with Gasteiger partial charge in [-0.3, -0.25) is 10.2 Å². The van der Waals surface area contributed by atoms with Crippen molar-refractivity contribution in [1.29, 1.82) is 5.41 Å². The zero-order chi connectivity index (χ0) is 16.6. The van der Waals surface area contributed by atoms with Gasteiger partial charge in [-0.2, -0.15) is 0 Å². The number of thiazole rings is 1. The van der Waals surface area contributed by atoms with Crippen LogP contribution >= 0.6 is 23.1 Å². The van der Waals surface area contributed by atoms with Crippen molar-refractivity contribution in [2.24, 2.45) is 0 Å². The van der Waals surface area contributed by atoms with Gasteiger partial charge in [0.1, 0.15) is 0 Å². The van der Waals surface area contributed by atoms with Gasteiger partial charge in [0.25, 0.3) is 0 Å². The summed E-state index contributed by atoms with van der Waals surface area (Å²) < 4.78 is 0. The van der Waals surface area contributed by atoms with Gasteiger partial charge >= 0.3 is 0 Å². The van der Waals surface area contributed by atoms with Gasteiger partial charge < -0.3 is 0 Å². The van der Waals surface area contributed by atoms with E-state index in [9.17, 15) is 4.79 Å². The van der Waals surface area contributed by atoms with Crippen LogP contribution in [0.1, 0.15) is 42.7 Å². The predicted molar refractivity (Wildman–Crippen MR) is 97.7 cm³/mol. The summed E-state index contributed by atoms with van der Waals surface area (Å²) in [6.07, 6.45) is 2.61. The number of amides is 1. The van der Waals surface area contributed by atoms with Crippen LogP contribution in [-0.4, -0.2) is 21.3 Å². The molecule has 1 aliphatic rings. The number of nitrogens with zero attached hydrogens (tertiary/aromatic N) is 2. The summed E-state index contributed by atoms with van der Waals surface area (Å²) in [5.74, 6) is 0.480. The third-order valence-electron chi connectivity index (χ3n) is 3.82. The fourth-order valence-corrected chi connectivity index (χ4v) is 4.27. The minimum atomic E-state index is -0.196. The normalized spacial score (nSPS) is 18.3. The maximum atomic E-state index is 12.1. The van der Waals surface area contributed by atoms with E-state index >= 15 is 0 Å². The highest BCUT2D eigenvalue weighted by Gasteiger charge is 2.36. The van der Waals surface area contributed by atoms with E-state index in [1.165, 1.54) is 39.1 Å². The smallest absolute Gasteiger partial charge is 0.248 e. The first-order chi connectivity index (χ1) is 11.0. The zero-order valence-electron chi connectivity index (χ0n) is 13.4. The lowest BCUT2D eigenvalue weighted by atomic mass is 10.0. The molecule has 1 saturated heterocycles. The van der Waals surface area contributed by atoms with Crippen molar-refractivity contribution in [3.05, 3.63) is 46.5 Å². The predicted octanol–water partition coefficient (Wildman–Crippen LogP) is 4.26. The first kappa shape index (κ1) is 16.2. The molecule has 1 aliphatic heterocycles. The van der Waals surface area contributed by atoms with Crippen molar-refractivity contribution in [3.63, 3.8) is 0 Å². The molecule has 0 radical (unpaired) electrons. The number of carbonyl (C=O) groups is 1. The van der Waals surface area contributed by atoms with Gasteiger partial charge in [-0.25, -0.2) is 9.88 Å². The third kappa shape index (κ3) is 3.33. The Bertz CT molecular complexity index is 737. The zero-order valence-corrected chi connectivity index (χ0v) is 15.0. The molecule has 0 bridgehead atoms. The quantitative estimate of drug-likeness (QED) is 0.901. The molecule has 1 aromatic carbocycles. The second-order valence-electron chi connectivity index (χ2n) is 5.92. The van der Waals surface area contributed by atoms with Crippen LogP contribution in [0, 0.1) is 5.41 Å². The standard InChI is InChI=1S/C17H19N3OS2/c1-10(2)13-6-4-12(5-7-13)8-14-9-19-17(23-14)20-15(21)11(3)22-16(20)18/h4-7,9-11,18H,8H2,1-3H3. The van der Waals surface area contributed by atoms with E-state index in [4.69, 9.17) is 5.41 Å². The minimum Gasteiger partial charge on any atom is -0.278 e. The Hall–Kier alpha value is -1.66. The Morgan fingerprint density at radius 3 is 2.57 bits per heavy atom. The molecule has 3 rings (SSSR count). The monoisotopic (exact) mass is 345 g/mol. The van der Waals surface area contributed by atoms with Crippen LogP contribution in [0.5, 0.6) is 0 Å². The number of carbonyl (C=O) groups excluding carboxylic acids is 1. The summed E-state index contributed by atoms with van der Waals surface area (Å²) in [5, 5.41) is 8.61. The van der Waals surface area contributed by atoms with Crippen LogP contribution in [0.2, 0.25) is 0 Å². The maximum Gasteiger partial charge on any atom is 0.248 e. The molecule has 1 aromatic heterocycles. The fourth-order valence-electron chi connectivity index (χ4n) is 2.44. The molecule has 1 N–H and O–H groups in total. The number of amidine groups is 1. The Morgan fingerprint density at radius 2 is 2.00 bits per heavy atom. The first-order valence-corrected chi connectivity index (χ1v) is 9.28. The molecular weight excluding hydrogens is 326 g/mol. The van der Waals surface area contributed by atoms with E-state index in [1.54, 1.807) is 0 Å². The van der Waals surface area contributed by atoms with E-state index in [-0.39, 0.29) is 16.3 Å². The number of thioether (sulfide) groups is 1. The van der Waals surface area contributed by atoms with Crippen LogP contribution in [0.25, 0.3) is 0 Å². The van der Waals surface area contributed by atoms with Crippen LogP contribution in [0.3, 0.4) is 0 Å². The molecule has 23 heavy (non-hydrogen) atoms. The number of hydrogen-bond acceptors (Lipinski definition) is 5. The van der Waals surface area contributed by atoms with E-state index < -0.39 is 0 Å². The van der Waals surface area contributed by atoms with E-state index in [2.05, 4.69) is 43.1 Å². The molecule has 1 unspecified atom stereocenters. The molecule has 0 saturated carbocycles. The van der Waals surface area contributed by atoms with Gasteiger partial charge in [-0.05, 0) is 24.0 Å². The van der Waals surface area contributed by atoms with E-state index in [1.807, 2.05) is 13.1 Å². The molecule has 4 nitrogen and oxygen atoms in total. The van der Waals surface area contributed by atoms with Crippen molar-refractivity contribution >= 4 is 39.3 Å². The van der Waals surface area contributed by atoms with Crippen LogP contribution in [0.15, 0.2) is 30.5 Å². The second kappa shape index (κ2) is 6.45. The first-order valence-electron chi connectivity index (χ1n) is 7.58. The molecule has 6 heteroatoms. The Labute approximate surface area is 144 Å². The Morgan fingerprint density at radius 1 is 1.30 bits per heavy atom. The van der Waals surface area contributed by atoms with Gasteiger partial charge in [0.2, 0.25) is 5.91 Å². The number of aromatic nitrogens is 1. The molecule has 1 fully saturated rings. The van der Waals surface area contributed by atoms with Crippen molar-refractivity contribution in [3.8, 4) is 0 Å². The lowest BCUT2D eigenvalue weighted by molar-refractivity contribution is -0.116. The summed E-state index contributed by atoms with van der Waals surface area (Å²) in [6.45, 7) is 6.20. The molecule has 2 aromatic rings. The molecule has 1 atom stereocenters. The highest BCUT2D eigenvalue weighted by molar-refractivity contribution is 8.16. The summed E-state index contributed by atoms with van der Waals surface area (Å²) in [4.78, 5) is 19.0. The van der Waals surface area contributed by atoms with Gasteiger partial charge in [0, 0.05) is 17.5 Å². The van der Waals surface area contributed by atoms with E-state index in [0.717, 1.165) is 11.3 Å². The highest BCUT2D eigenvalue weighted by Crippen LogP contribution is 2.33. The third-order valence-corrected chi connectivity index (χ3v) is 5.76. The summed E-state index contributed by atoms with van der Waals surface area (Å²) in [6, 6.07) is 8.63. The van der Waals surface area contributed by atoms with Crippen molar-refractivity contribution in [1.82, 2.24) is 4.98 Å². The second-order valence-corrected chi connectivity index (χ2v) is 8.34. The Kier molecular flexibility index (Phi) is 4.55. The fraction of sp³-hybridized carbons (Fsp3) is 0.353.